The molecule has 0 bridgehead atoms. The number of imidazole rings is 2. The summed E-state index contributed by atoms with van der Waals surface area (Å²) in [7, 11) is 0. The van der Waals surface area contributed by atoms with Gasteiger partial charge >= 0.3 is 6.03 Å². The van der Waals surface area contributed by atoms with Crippen molar-refractivity contribution in [3.05, 3.63) is 23.2 Å². The quantitative estimate of drug-likeness (QED) is 0.0850. The van der Waals surface area contributed by atoms with Crippen molar-refractivity contribution in [1.82, 2.24) is 59.5 Å². The van der Waals surface area contributed by atoms with Crippen LogP contribution < -0.4 is 21.3 Å². The van der Waals surface area contributed by atoms with Crippen molar-refractivity contribution >= 4 is 75.0 Å². The third-order valence-corrected chi connectivity index (χ3v) is 11.0. The monoisotopic (exact) mass is 848 g/mol. The summed E-state index contributed by atoms with van der Waals surface area (Å²) >= 11 is 12.6. The number of hydrogen-bond acceptors (Lipinski definition) is 17. The summed E-state index contributed by atoms with van der Waals surface area (Å²) in [4.78, 5) is 68.1. The molecule has 8 rings (SSSR count). The van der Waals surface area contributed by atoms with Crippen LogP contribution in [0.4, 0.5) is 16.4 Å². The van der Waals surface area contributed by atoms with Crippen LogP contribution >= 0.6 is 23.2 Å². The van der Waals surface area contributed by atoms with Crippen LogP contribution in [0.3, 0.4) is 0 Å². The number of likely N-dealkylation sites (tertiary alicyclic amines) is 2. The second-order valence-electron chi connectivity index (χ2n) is 14.4. The van der Waals surface area contributed by atoms with Gasteiger partial charge in [-0.15, -0.1) is 0 Å². The lowest BCUT2D eigenvalue weighted by Gasteiger charge is -2.25. The smallest absolute Gasteiger partial charge is 0.320 e. The molecule has 0 unspecified atom stereocenters. The molecule has 312 valence electrons. The highest BCUT2D eigenvalue weighted by molar-refractivity contribution is 6.29. The first kappa shape index (κ1) is 40.0. The zero-order chi connectivity index (χ0) is 41.0. The second-order valence-corrected chi connectivity index (χ2v) is 15.1. The molecule has 0 aromatic carbocycles. The molecular formula is C33H42Cl2N14O9. The maximum absolute atomic E-state index is 13.7. The molecule has 4 aliphatic heterocycles. The Morgan fingerprint density at radius 1 is 0.690 bits per heavy atom. The molecule has 4 aliphatic rings. The summed E-state index contributed by atoms with van der Waals surface area (Å²) in [6.07, 6.45) is -6.93. The van der Waals surface area contributed by atoms with Crippen LogP contribution in [0.25, 0.3) is 22.3 Å². The first-order valence-electron chi connectivity index (χ1n) is 18.8. The van der Waals surface area contributed by atoms with Gasteiger partial charge in [-0.25, -0.2) is 14.8 Å². The maximum Gasteiger partial charge on any atom is 0.320 e. The lowest BCUT2D eigenvalue weighted by molar-refractivity contribution is -0.138. The molecule has 0 saturated carbocycles. The Bertz CT molecular complexity index is 2060. The number of likely N-dealkylation sites (N-methyl/N-ethyl adjacent to an activating group) is 2. The average molecular weight is 850 g/mol. The number of rotatable bonds is 10. The van der Waals surface area contributed by atoms with Crippen molar-refractivity contribution in [3.8, 4) is 0 Å². The number of aromatic nitrogens is 8. The minimum Gasteiger partial charge on any atom is -0.387 e. The Kier molecular flexibility index (Phi) is 11.1. The van der Waals surface area contributed by atoms with Crippen LogP contribution in [0.15, 0.2) is 12.7 Å². The molecule has 0 radical (unpaired) electrons. The van der Waals surface area contributed by atoms with E-state index in [2.05, 4.69) is 51.2 Å². The first-order valence-corrected chi connectivity index (χ1v) is 19.6. The molecule has 4 aromatic rings. The number of halogens is 2. The fourth-order valence-corrected chi connectivity index (χ4v) is 8.13. The number of carbonyl (C=O) groups is 3. The lowest BCUT2D eigenvalue weighted by atomic mass is 10.1. The van der Waals surface area contributed by atoms with Crippen LogP contribution in [0, 0.1) is 0 Å². The lowest BCUT2D eigenvalue weighted by Crippen LogP contribution is -2.42. The van der Waals surface area contributed by atoms with E-state index in [-0.39, 0.29) is 40.0 Å². The van der Waals surface area contributed by atoms with E-state index in [1.165, 1.54) is 21.8 Å². The summed E-state index contributed by atoms with van der Waals surface area (Å²) in [5.41, 5.74) is 1.04. The number of amides is 4. The number of aliphatic hydroxyl groups is 4. The molecule has 8 heterocycles. The fourth-order valence-electron chi connectivity index (χ4n) is 7.81. The standard InChI is InChI=1S/C33H42Cl2N14O9/c1-3-36-27(54)21-17(50)19(52)29(57-21)48-11-38-15-23(42-31(34)44-25(15)48)40-13-5-7-46(9-13)33(56)47-8-6-14(10-47)41-24-16-26(45-32(35)43-24)49(12-39-16)30-20(53)18(51)22(58-30)28(55)37-4-2/h11-14,17-22,29-30,50-53H,3-10H2,1-2H3,(H,36,54)(H,37,55)(H,40,42,44)(H,41,43,45)/t13-,14+,17-,18-,19+,20+,21-,22-,29+,30+/m0/s1. The molecule has 4 aromatic heterocycles. The van der Waals surface area contributed by atoms with Gasteiger partial charge in [-0.3, -0.25) is 18.7 Å². The highest BCUT2D eigenvalue weighted by atomic mass is 35.5. The summed E-state index contributed by atoms with van der Waals surface area (Å²) in [6.45, 7) is 5.72. The highest BCUT2D eigenvalue weighted by Gasteiger charge is 2.49. The molecule has 8 N–H and O–H groups in total. The van der Waals surface area contributed by atoms with Crippen molar-refractivity contribution < 1.29 is 44.3 Å². The van der Waals surface area contributed by atoms with Gasteiger partial charge in [0.05, 0.1) is 12.7 Å². The van der Waals surface area contributed by atoms with Gasteiger partial charge in [0.15, 0.2) is 58.6 Å². The van der Waals surface area contributed by atoms with E-state index in [1.807, 2.05) is 0 Å². The predicted octanol–water partition coefficient (Wildman–Crippen LogP) is -1.42. The van der Waals surface area contributed by atoms with Gasteiger partial charge < -0.3 is 61.0 Å². The number of aliphatic hydroxyl groups excluding tert-OH is 4. The Morgan fingerprint density at radius 3 is 1.50 bits per heavy atom. The first-order chi connectivity index (χ1) is 27.9. The Hall–Kier alpha value is -4.75. The van der Waals surface area contributed by atoms with Crippen LogP contribution in [-0.2, 0) is 19.1 Å². The van der Waals surface area contributed by atoms with E-state index >= 15 is 0 Å². The van der Waals surface area contributed by atoms with Crippen molar-refractivity contribution in [1.29, 1.82) is 0 Å². The third-order valence-electron chi connectivity index (χ3n) is 10.6. The van der Waals surface area contributed by atoms with Crippen molar-refractivity contribution in [2.45, 2.75) is 87.9 Å². The molecule has 4 saturated heterocycles. The molecule has 4 amide bonds. The molecule has 23 nitrogen and oxygen atoms in total. The molecular weight excluding hydrogens is 807 g/mol. The Balaban J connectivity index is 0.901. The average Bonchev–Trinajstić information content (AvgIpc) is 4.06. The van der Waals surface area contributed by atoms with Gasteiger partial charge in [-0.2, -0.15) is 19.9 Å². The largest absolute Gasteiger partial charge is 0.387 e. The topological polar surface area (TPSA) is 292 Å². The number of nitrogens with zero attached hydrogens (tertiary/aromatic N) is 10. The van der Waals surface area contributed by atoms with Crippen molar-refractivity contribution in [2.24, 2.45) is 0 Å². The number of fused-ring (bicyclic) bond motifs is 2. The van der Waals surface area contributed by atoms with E-state index < -0.39 is 60.9 Å². The molecule has 25 heteroatoms. The van der Waals surface area contributed by atoms with E-state index in [0.717, 1.165) is 0 Å². The van der Waals surface area contributed by atoms with Crippen LogP contribution in [0.5, 0.6) is 0 Å². The minimum absolute atomic E-state index is 0.117. The highest BCUT2D eigenvalue weighted by Crippen LogP contribution is 2.35. The van der Waals surface area contributed by atoms with Gasteiger partial charge in [-0.1, -0.05) is 0 Å². The fraction of sp³-hybridized carbons (Fsp3) is 0.606. The van der Waals surface area contributed by atoms with E-state index in [1.54, 1.807) is 23.6 Å². The number of carbonyl (C=O) groups excluding carboxylic acids is 3. The molecule has 4 fully saturated rings. The second kappa shape index (κ2) is 16.1. The maximum atomic E-state index is 13.7. The van der Waals surface area contributed by atoms with Gasteiger partial charge in [-0.05, 0) is 49.9 Å². The SMILES string of the molecule is CCNC(=O)[C@H]1O[C@@H](n2cnc3c(N[C@@H]4CCN(C(=O)N5CC[C@H](Nc6nc(Cl)nc7c6ncn7[C@@H]6O[C@H](C(=O)NCC)[C@@H](O)[C@H]6O)C5)C4)nc(Cl)nc32)[C@H](O)[C@@H]1O. The zero-order valence-corrected chi connectivity index (χ0v) is 32.7. The summed E-state index contributed by atoms with van der Waals surface area (Å²) in [5.74, 6) is -0.521. The molecule has 0 spiro atoms. The van der Waals surface area contributed by atoms with Crippen LogP contribution in [0.2, 0.25) is 10.6 Å². The minimum atomic E-state index is -1.49. The van der Waals surface area contributed by atoms with Gasteiger partial charge in [0.25, 0.3) is 11.8 Å². The zero-order valence-electron chi connectivity index (χ0n) is 31.1. The van der Waals surface area contributed by atoms with Crippen molar-refractivity contribution in [3.63, 3.8) is 0 Å². The Labute approximate surface area is 339 Å². The predicted molar refractivity (Wildman–Crippen MR) is 202 cm³/mol. The van der Waals surface area contributed by atoms with E-state index in [4.69, 9.17) is 32.7 Å². The summed E-state index contributed by atoms with van der Waals surface area (Å²) in [6, 6.07) is -0.592. The van der Waals surface area contributed by atoms with Gasteiger partial charge in [0, 0.05) is 51.4 Å². The summed E-state index contributed by atoms with van der Waals surface area (Å²) < 4.78 is 14.3. The van der Waals surface area contributed by atoms with E-state index in [0.29, 0.717) is 74.8 Å². The van der Waals surface area contributed by atoms with Gasteiger partial charge in [0.2, 0.25) is 10.6 Å². The molecule has 58 heavy (non-hydrogen) atoms. The van der Waals surface area contributed by atoms with Crippen LogP contribution in [0.1, 0.15) is 39.1 Å². The normalized spacial score (nSPS) is 29.8. The molecule has 10 atom stereocenters. The Morgan fingerprint density at radius 2 is 1.10 bits per heavy atom. The number of anilines is 2. The molecule has 0 aliphatic carbocycles. The van der Waals surface area contributed by atoms with Gasteiger partial charge in [0.1, 0.15) is 24.4 Å². The third kappa shape index (κ3) is 7.29. The number of ether oxygens (including phenoxy) is 2. The van der Waals surface area contributed by atoms with Crippen molar-refractivity contribution in [2.75, 3.05) is 49.9 Å². The summed E-state index contributed by atoms with van der Waals surface area (Å²) in [5, 5.41) is 54.2. The number of nitrogens with one attached hydrogen (secondary N) is 4. The van der Waals surface area contributed by atoms with Crippen LogP contribution in [-0.4, -0.2) is 175 Å². The number of urea groups is 1. The van der Waals surface area contributed by atoms with E-state index in [9.17, 15) is 34.8 Å². The number of hydrogen-bond donors (Lipinski definition) is 8.